The quantitative estimate of drug-likeness (QED) is 0.331. The minimum Gasteiger partial charge on any atom is -0.274 e. The number of hydrogen-bond acceptors (Lipinski definition) is 5. The molecule has 0 unspecified atom stereocenters. The number of guanidine groups is 1. The van der Waals surface area contributed by atoms with E-state index in [9.17, 15) is 19.2 Å². The van der Waals surface area contributed by atoms with Gasteiger partial charge < -0.3 is 0 Å². The van der Waals surface area contributed by atoms with Crippen LogP contribution in [0.3, 0.4) is 0 Å². The molecule has 2 aliphatic rings. The van der Waals surface area contributed by atoms with Gasteiger partial charge in [-0.15, -0.1) is 0 Å². The van der Waals surface area contributed by atoms with Gasteiger partial charge in [-0.3, -0.25) is 24.6 Å². The second-order valence-corrected chi connectivity index (χ2v) is 3.57. The SMILES string of the molecule is N=C(N1C(=O)CCC1=O)N1C(=O)CCC1=O. The van der Waals surface area contributed by atoms with Gasteiger partial charge in [-0.1, -0.05) is 0 Å². The molecule has 2 heterocycles. The van der Waals surface area contributed by atoms with E-state index in [1.807, 2.05) is 0 Å². The first-order valence-corrected chi connectivity index (χ1v) is 4.82. The normalized spacial score (nSPS) is 21.2. The number of hydrogen-bond donors (Lipinski definition) is 1. The van der Waals surface area contributed by atoms with Gasteiger partial charge >= 0.3 is 0 Å². The summed E-state index contributed by atoms with van der Waals surface area (Å²) in [6.07, 6.45) is 0.101. The third kappa shape index (κ3) is 1.40. The van der Waals surface area contributed by atoms with Crippen LogP contribution in [0.5, 0.6) is 0 Å². The van der Waals surface area contributed by atoms with Crippen molar-refractivity contribution in [3.63, 3.8) is 0 Å². The van der Waals surface area contributed by atoms with Crippen LogP contribution in [0.15, 0.2) is 0 Å². The van der Waals surface area contributed by atoms with Crippen LogP contribution in [0.1, 0.15) is 25.7 Å². The molecule has 1 N–H and O–H groups in total. The Morgan fingerprint density at radius 1 is 0.750 bits per heavy atom. The molecule has 16 heavy (non-hydrogen) atoms. The molecule has 0 aliphatic carbocycles. The Balaban J connectivity index is 2.25. The summed E-state index contributed by atoms with van der Waals surface area (Å²) < 4.78 is 0. The van der Waals surface area contributed by atoms with Crippen LogP contribution in [0.25, 0.3) is 0 Å². The number of imide groups is 2. The molecule has 0 aromatic carbocycles. The Morgan fingerprint density at radius 3 is 1.25 bits per heavy atom. The van der Waals surface area contributed by atoms with Crippen LogP contribution in [-0.4, -0.2) is 39.4 Å². The number of nitrogens with zero attached hydrogens (tertiary/aromatic N) is 2. The van der Waals surface area contributed by atoms with Gasteiger partial charge in [-0.2, -0.15) is 0 Å². The highest BCUT2D eigenvalue weighted by molar-refractivity contribution is 6.24. The largest absolute Gasteiger partial charge is 0.274 e. The number of amides is 4. The molecule has 0 radical (unpaired) electrons. The summed E-state index contributed by atoms with van der Waals surface area (Å²) in [5.74, 6) is -2.78. The maximum Gasteiger partial charge on any atom is 0.236 e. The lowest BCUT2D eigenvalue weighted by molar-refractivity contribution is -0.136. The second-order valence-electron chi connectivity index (χ2n) is 3.57. The van der Waals surface area contributed by atoms with Crippen molar-refractivity contribution in [2.75, 3.05) is 0 Å². The van der Waals surface area contributed by atoms with Crippen molar-refractivity contribution in [2.24, 2.45) is 0 Å². The molecule has 0 aromatic rings. The summed E-state index contributed by atoms with van der Waals surface area (Å²) in [7, 11) is 0. The maximum absolute atomic E-state index is 11.3. The Hall–Kier alpha value is -2.05. The number of likely N-dealkylation sites (tertiary alicyclic amines) is 2. The third-order valence-corrected chi connectivity index (χ3v) is 2.53. The number of carbonyl (C=O) groups is 4. The van der Waals surface area contributed by atoms with E-state index in [2.05, 4.69) is 0 Å². The first-order chi connectivity index (χ1) is 7.52. The first kappa shape index (κ1) is 10.5. The Labute approximate surface area is 90.5 Å². The van der Waals surface area contributed by atoms with Crippen molar-refractivity contribution in [1.29, 1.82) is 5.41 Å². The van der Waals surface area contributed by atoms with Crippen molar-refractivity contribution in [3.8, 4) is 0 Å². The monoisotopic (exact) mass is 223 g/mol. The molecule has 2 aliphatic heterocycles. The minimum atomic E-state index is -0.625. The molecule has 2 fully saturated rings. The molecular weight excluding hydrogens is 214 g/mol. The second kappa shape index (κ2) is 3.51. The highest BCUT2D eigenvalue weighted by Crippen LogP contribution is 2.18. The summed E-state index contributed by atoms with van der Waals surface area (Å²) in [5, 5.41) is 7.57. The third-order valence-electron chi connectivity index (χ3n) is 2.53. The average molecular weight is 223 g/mol. The molecule has 0 aromatic heterocycles. The van der Waals surface area contributed by atoms with Gasteiger partial charge in [0.15, 0.2) is 0 Å². The van der Waals surface area contributed by atoms with Crippen molar-refractivity contribution in [1.82, 2.24) is 9.80 Å². The summed E-state index contributed by atoms with van der Waals surface area (Å²) in [5.41, 5.74) is 0. The van der Waals surface area contributed by atoms with Gasteiger partial charge in [-0.25, -0.2) is 9.80 Å². The first-order valence-electron chi connectivity index (χ1n) is 4.82. The molecule has 7 heteroatoms. The maximum atomic E-state index is 11.3. The fraction of sp³-hybridized carbons (Fsp3) is 0.444. The van der Waals surface area contributed by atoms with E-state index in [1.165, 1.54) is 0 Å². The molecular formula is C9H9N3O4. The lowest BCUT2D eigenvalue weighted by atomic mass is 10.4. The number of rotatable bonds is 0. The number of carbonyl (C=O) groups excluding carboxylic acids is 4. The highest BCUT2D eigenvalue weighted by atomic mass is 16.2. The number of nitrogens with one attached hydrogen (secondary N) is 1. The zero-order valence-corrected chi connectivity index (χ0v) is 8.36. The Kier molecular flexibility index (Phi) is 2.30. The van der Waals surface area contributed by atoms with Gasteiger partial charge in [0, 0.05) is 25.7 Å². The van der Waals surface area contributed by atoms with E-state index in [0.717, 1.165) is 0 Å². The van der Waals surface area contributed by atoms with Crippen molar-refractivity contribution in [3.05, 3.63) is 0 Å². The molecule has 0 bridgehead atoms. The summed E-state index contributed by atoms with van der Waals surface area (Å²) in [6, 6.07) is 0. The van der Waals surface area contributed by atoms with Crippen LogP contribution in [0.2, 0.25) is 0 Å². The predicted molar refractivity (Wildman–Crippen MR) is 49.9 cm³/mol. The van der Waals surface area contributed by atoms with Crippen molar-refractivity contribution in [2.45, 2.75) is 25.7 Å². The lowest BCUT2D eigenvalue weighted by Crippen LogP contribution is -2.48. The van der Waals surface area contributed by atoms with E-state index < -0.39 is 29.6 Å². The van der Waals surface area contributed by atoms with Gasteiger partial charge in [0.05, 0.1) is 0 Å². The van der Waals surface area contributed by atoms with E-state index >= 15 is 0 Å². The molecule has 4 amide bonds. The van der Waals surface area contributed by atoms with E-state index in [4.69, 9.17) is 5.41 Å². The van der Waals surface area contributed by atoms with Crippen molar-refractivity contribution >= 4 is 29.6 Å². The van der Waals surface area contributed by atoms with Gasteiger partial charge in [0.25, 0.3) is 0 Å². The van der Waals surface area contributed by atoms with Crippen molar-refractivity contribution < 1.29 is 19.2 Å². The molecule has 84 valence electrons. The molecule has 7 nitrogen and oxygen atoms in total. The highest BCUT2D eigenvalue weighted by Gasteiger charge is 2.41. The van der Waals surface area contributed by atoms with Crippen LogP contribution in [0, 0.1) is 5.41 Å². The van der Waals surface area contributed by atoms with Gasteiger partial charge in [0.1, 0.15) is 0 Å². The van der Waals surface area contributed by atoms with Crippen LogP contribution >= 0.6 is 0 Å². The predicted octanol–water partition coefficient (Wildman–Crippen LogP) is -0.781. The van der Waals surface area contributed by atoms with Gasteiger partial charge in [-0.05, 0) is 0 Å². The molecule has 2 rings (SSSR count). The smallest absolute Gasteiger partial charge is 0.236 e. The fourth-order valence-corrected chi connectivity index (χ4v) is 1.73. The van der Waals surface area contributed by atoms with Crippen LogP contribution in [0.4, 0.5) is 0 Å². The van der Waals surface area contributed by atoms with Gasteiger partial charge in [0.2, 0.25) is 29.6 Å². The topological polar surface area (TPSA) is 98.6 Å². The lowest BCUT2D eigenvalue weighted by Gasteiger charge is -2.21. The minimum absolute atomic E-state index is 0.0252. The van der Waals surface area contributed by atoms with Crippen LogP contribution < -0.4 is 0 Å². The van der Waals surface area contributed by atoms with E-state index in [0.29, 0.717) is 9.80 Å². The summed E-state index contributed by atoms with van der Waals surface area (Å²) in [6.45, 7) is 0. The fourth-order valence-electron chi connectivity index (χ4n) is 1.73. The average Bonchev–Trinajstić information content (AvgIpc) is 2.71. The zero-order chi connectivity index (χ0) is 11.9. The zero-order valence-electron chi connectivity index (χ0n) is 8.36. The standard InChI is InChI=1S/C9H9N3O4/c10-9(11-5(13)1-2-6(11)14)12-7(15)3-4-8(12)16/h10H,1-4H2. The Morgan fingerprint density at radius 2 is 1.00 bits per heavy atom. The molecule has 0 atom stereocenters. The van der Waals surface area contributed by atoms with E-state index in [-0.39, 0.29) is 25.7 Å². The molecule has 0 saturated carbocycles. The van der Waals surface area contributed by atoms with E-state index in [1.54, 1.807) is 0 Å². The van der Waals surface area contributed by atoms with Crippen LogP contribution in [-0.2, 0) is 19.2 Å². The molecule has 0 spiro atoms. The summed E-state index contributed by atoms with van der Waals surface area (Å²) in [4.78, 5) is 46.4. The Bertz CT molecular complexity index is 358. The summed E-state index contributed by atoms with van der Waals surface area (Å²) >= 11 is 0. The molecule has 2 saturated heterocycles.